The summed E-state index contributed by atoms with van der Waals surface area (Å²) >= 11 is 0. The van der Waals surface area contributed by atoms with E-state index in [0.717, 1.165) is 16.7 Å². The monoisotopic (exact) mass is 269 g/mol. The summed E-state index contributed by atoms with van der Waals surface area (Å²) in [6.45, 7) is 2.97. The Morgan fingerprint density at radius 3 is 3.00 bits per heavy atom. The van der Waals surface area contributed by atoms with Crippen LogP contribution in [-0.2, 0) is 11.4 Å². The largest absolute Gasteiger partial charge is 0.463 e. The molecule has 1 aromatic carbocycles. The van der Waals surface area contributed by atoms with Gasteiger partial charge < -0.3 is 13.8 Å². The summed E-state index contributed by atoms with van der Waals surface area (Å²) in [4.78, 5) is 9.54. The molecule has 0 aliphatic carbocycles. The number of hydrogen-bond donors (Lipinski definition) is 0. The molecule has 0 N–H and O–H groups in total. The topological polar surface area (TPSA) is 52.5 Å². The van der Waals surface area contributed by atoms with Crippen molar-refractivity contribution in [2.45, 2.75) is 13.5 Å². The Morgan fingerprint density at radius 1 is 1.30 bits per heavy atom. The average Bonchev–Trinajstić information content (AvgIpc) is 3.13. The van der Waals surface area contributed by atoms with Crippen LogP contribution in [0, 0.1) is 0 Å². The first kappa shape index (κ1) is 12.5. The lowest BCUT2D eigenvalue weighted by atomic mass is 10.2. The van der Waals surface area contributed by atoms with E-state index in [-0.39, 0.29) is 0 Å². The van der Waals surface area contributed by atoms with Gasteiger partial charge in [-0.2, -0.15) is 0 Å². The Hall–Kier alpha value is -2.56. The first-order chi connectivity index (χ1) is 9.88. The van der Waals surface area contributed by atoms with Gasteiger partial charge in [0.2, 0.25) is 0 Å². The molecule has 0 bridgehead atoms. The van der Waals surface area contributed by atoms with Gasteiger partial charge in [0.1, 0.15) is 12.3 Å². The molecular weight excluding hydrogens is 254 g/mol. The van der Waals surface area contributed by atoms with Gasteiger partial charge >= 0.3 is 0 Å². The van der Waals surface area contributed by atoms with Gasteiger partial charge in [0.25, 0.3) is 0 Å². The Morgan fingerprint density at radius 2 is 2.20 bits per heavy atom. The van der Waals surface area contributed by atoms with E-state index < -0.39 is 0 Å². The molecule has 0 unspecified atom stereocenters. The van der Waals surface area contributed by atoms with E-state index in [9.17, 15) is 0 Å². The van der Waals surface area contributed by atoms with Crippen LogP contribution in [0.5, 0.6) is 0 Å². The number of para-hydroxylation sites is 2. The highest BCUT2D eigenvalue weighted by Crippen LogP contribution is 2.13. The molecule has 0 saturated carbocycles. The molecule has 3 rings (SSSR count). The fourth-order valence-corrected chi connectivity index (χ4v) is 2.03. The van der Waals surface area contributed by atoms with E-state index in [1.807, 2.05) is 47.9 Å². The molecule has 2 heterocycles. The van der Waals surface area contributed by atoms with Gasteiger partial charge in [0.15, 0.2) is 5.76 Å². The van der Waals surface area contributed by atoms with E-state index in [0.29, 0.717) is 18.9 Å². The van der Waals surface area contributed by atoms with Crippen molar-refractivity contribution in [2.75, 3.05) is 6.61 Å². The fourth-order valence-electron chi connectivity index (χ4n) is 2.03. The first-order valence-corrected chi connectivity index (χ1v) is 6.51. The molecule has 2 aromatic heterocycles. The molecule has 0 fully saturated rings. The zero-order valence-electron chi connectivity index (χ0n) is 11.2. The van der Waals surface area contributed by atoms with Crippen LogP contribution in [0.25, 0.3) is 11.0 Å². The Kier molecular flexibility index (Phi) is 3.50. The predicted molar refractivity (Wildman–Crippen MR) is 76.6 cm³/mol. The minimum Gasteiger partial charge on any atom is -0.463 e. The van der Waals surface area contributed by atoms with Crippen LogP contribution >= 0.6 is 0 Å². The Bertz CT molecular complexity index is 714. The molecule has 0 aliphatic heterocycles. The zero-order valence-corrected chi connectivity index (χ0v) is 11.2. The quantitative estimate of drug-likeness (QED) is 0.528. The van der Waals surface area contributed by atoms with E-state index >= 15 is 0 Å². The van der Waals surface area contributed by atoms with Gasteiger partial charge in [0, 0.05) is 0 Å². The number of rotatable bonds is 5. The second-order valence-corrected chi connectivity index (χ2v) is 4.29. The molecule has 0 atom stereocenters. The number of nitrogens with zero attached hydrogens (tertiary/aromatic N) is 3. The number of oxime groups is 1. The zero-order chi connectivity index (χ0) is 13.8. The predicted octanol–water partition coefficient (Wildman–Crippen LogP) is 3.07. The van der Waals surface area contributed by atoms with Crippen LogP contribution < -0.4 is 0 Å². The number of furan rings is 1. The molecule has 0 saturated heterocycles. The lowest BCUT2D eigenvalue weighted by Crippen LogP contribution is -2.11. The third-order valence-electron chi connectivity index (χ3n) is 2.96. The molecular formula is C15H15N3O2. The van der Waals surface area contributed by atoms with Crippen molar-refractivity contribution in [2.24, 2.45) is 5.16 Å². The lowest BCUT2D eigenvalue weighted by molar-refractivity contribution is 0.157. The average molecular weight is 269 g/mol. The molecule has 0 amide bonds. The maximum atomic E-state index is 5.41. The Balaban J connectivity index is 1.94. The molecule has 5 nitrogen and oxygen atoms in total. The van der Waals surface area contributed by atoms with Gasteiger partial charge in [-0.3, -0.25) is 0 Å². The van der Waals surface area contributed by atoms with Crippen molar-refractivity contribution < 1.29 is 9.25 Å². The molecule has 3 aromatic rings. The van der Waals surface area contributed by atoms with Crippen molar-refractivity contribution >= 4 is 16.7 Å². The summed E-state index contributed by atoms with van der Waals surface area (Å²) in [5.41, 5.74) is 2.76. The Labute approximate surface area is 116 Å². The number of hydrogen-bond acceptors (Lipinski definition) is 4. The summed E-state index contributed by atoms with van der Waals surface area (Å²) in [6.07, 6.45) is 3.43. The number of fused-ring (bicyclic) bond motifs is 1. The van der Waals surface area contributed by atoms with E-state index in [2.05, 4.69) is 10.1 Å². The van der Waals surface area contributed by atoms with Crippen molar-refractivity contribution in [1.29, 1.82) is 0 Å². The van der Waals surface area contributed by atoms with Crippen molar-refractivity contribution in [3.05, 3.63) is 54.7 Å². The smallest absolute Gasteiger partial charge is 0.153 e. The molecule has 102 valence electrons. The molecule has 5 heteroatoms. The van der Waals surface area contributed by atoms with Crippen LogP contribution in [0.15, 0.2) is 58.6 Å². The van der Waals surface area contributed by atoms with Crippen molar-refractivity contribution in [1.82, 2.24) is 9.55 Å². The van der Waals surface area contributed by atoms with Gasteiger partial charge in [-0.25, -0.2) is 4.98 Å². The maximum absolute atomic E-state index is 5.41. The summed E-state index contributed by atoms with van der Waals surface area (Å²) < 4.78 is 7.43. The highest BCUT2D eigenvalue weighted by molar-refractivity contribution is 5.98. The van der Waals surface area contributed by atoms with Gasteiger partial charge in [0.05, 0.1) is 30.2 Å². The van der Waals surface area contributed by atoms with Gasteiger partial charge in [-0.15, -0.1) is 0 Å². The van der Waals surface area contributed by atoms with E-state index in [4.69, 9.17) is 9.25 Å². The summed E-state index contributed by atoms with van der Waals surface area (Å²) in [7, 11) is 0. The van der Waals surface area contributed by atoms with Gasteiger partial charge in [-0.1, -0.05) is 17.3 Å². The molecule has 20 heavy (non-hydrogen) atoms. The van der Waals surface area contributed by atoms with Crippen LogP contribution in [0.3, 0.4) is 0 Å². The fraction of sp³-hybridized carbons (Fsp3) is 0.200. The SMILES string of the molecule is CCON=C(Cn1cnc2ccccc21)c1ccco1. The minimum absolute atomic E-state index is 0.523. The molecule has 0 spiro atoms. The first-order valence-electron chi connectivity index (χ1n) is 6.51. The highest BCUT2D eigenvalue weighted by Gasteiger charge is 2.11. The highest BCUT2D eigenvalue weighted by atomic mass is 16.6. The van der Waals surface area contributed by atoms with Crippen LogP contribution in [0.1, 0.15) is 12.7 Å². The van der Waals surface area contributed by atoms with Crippen LogP contribution in [0.2, 0.25) is 0 Å². The number of imidazole rings is 1. The summed E-state index contributed by atoms with van der Waals surface area (Å²) in [5, 5.41) is 4.14. The number of benzene rings is 1. The van der Waals surface area contributed by atoms with Crippen LogP contribution in [0.4, 0.5) is 0 Å². The lowest BCUT2D eigenvalue weighted by Gasteiger charge is -2.06. The van der Waals surface area contributed by atoms with E-state index in [1.165, 1.54) is 0 Å². The second-order valence-electron chi connectivity index (χ2n) is 4.29. The third-order valence-corrected chi connectivity index (χ3v) is 2.96. The maximum Gasteiger partial charge on any atom is 0.153 e. The molecule has 0 radical (unpaired) electrons. The van der Waals surface area contributed by atoms with E-state index in [1.54, 1.807) is 12.6 Å². The van der Waals surface area contributed by atoms with Crippen molar-refractivity contribution in [3.8, 4) is 0 Å². The summed E-state index contributed by atoms with van der Waals surface area (Å²) in [5.74, 6) is 0.705. The standard InChI is InChI=1S/C15H15N3O2/c1-2-20-17-13(15-8-5-9-19-15)10-18-11-16-12-6-3-4-7-14(12)18/h3-9,11H,2,10H2,1H3. The van der Waals surface area contributed by atoms with Crippen LogP contribution in [-0.4, -0.2) is 21.9 Å². The minimum atomic E-state index is 0.523. The van der Waals surface area contributed by atoms with Gasteiger partial charge in [-0.05, 0) is 31.2 Å². The molecule has 0 aliphatic rings. The third kappa shape index (κ3) is 2.42. The normalized spacial score (nSPS) is 11.9. The number of aromatic nitrogens is 2. The second kappa shape index (κ2) is 5.61. The van der Waals surface area contributed by atoms with Crippen molar-refractivity contribution in [3.63, 3.8) is 0 Å². The summed E-state index contributed by atoms with van der Waals surface area (Å²) in [6, 6.07) is 11.7.